The van der Waals surface area contributed by atoms with Crippen LogP contribution in [0.4, 0.5) is 26.3 Å². The van der Waals surface area contributed by atoms with Gasteiger partial charge in [-0.2, -0.15) is 31.4 Å². The average molecular weight is 590 g/mol. The van der Waals surface area contributed by atoms with Crippen LogP contribution in [0.5, 0.6) is 0 Å². The van der Waals surface area contributed by atoms with E-state index in [-0.39, 0.29) is 31.8 Å². The fourth-order valence-corrected chi connectivity index (χ4v) is 5.63. The molecule has 0 atom stereocenters. The third-order valence-electron chi connectivity index (χ3n) is 5.06. The number of aliphatic hydroxyl groups excluding tert-OH is 1. The number of sulfonamides is 1. The highest BCUT2D eigenvalue weighted by atomic mass is 32.2. The van der Waals surface area contributed by atoms with Gasteiger partial charge in [0.2, 0.25) is 0 Å². The monoisotopic (exact) mass is 589 g/mol. The molecule has 0 unspecified atom stereocenters. The van der Waals surface area contributed by atoms with Crippen LogP contribution >= 0.6 is 11.3 Å². The number of halogens is 6. The molecule has 0 saturated carbocycles. The van der Waals surface area contributed by atoms with E-state index in [1.807, 2.05) is 0 Å². The maximum atomic E-state index is 13.8. The summed E-state index contributed by atoms with van der Waals surface area (Å²) >= 11 is 0.689. The molecule has 2 N–H and O–H groups in total. The molecule has 0 aliphatic carbocycles. The van der Waals surface area contributed by atoms with Crippen molar-refractivity contribution in [2.45, 2.75) is 35.9 Å². The first-order valence-electron chi connectivity index (χ1n) is 10.8. The van der Waals surface area contributed by atoms with Gasteiger partial charge in [-0.05, 0) is 43.9 Å². The van der Waals surface area contributed by atoms with Crippen molar-refractivity contribution in [3.8, 4) is 23.1 Å². The highest BCUT2D eigenvalue weighted by molar-refractivity contribution is 7.91. The second-order valence-electron chi connectivity index (χ2n) is 8.78. The number of alkyl halides is 6. The lowest BCUT2D eigenvalue weighted by atomic mass is 10.1. The number of nitrogens with zero attached hydrogens (tertiary/aromatic N) is 4. The highest BCUT2D eigenvalue weighted by Gasteiger charge is 2.36. The van der Waals surface area contributed by atoms with Crippen LogP contribution in [0.2, 0.25) is 0 Å². The number of fused-ring (bicyclic) bond motifs is 1. The summed E-state index contributed by atoms with van der Waals surface area (Å²) in [6.07, 6.45) is -8.59. The number of nitrogens with one attached hydrogen (secondary N) is 1. The molecule has 0 saturated heterocycles. The number of benzene rings is 1. The van der Waals surface area contributed by atoms with Crippen molar-refractivity contribution >= 4 is 27.0 Å². The summed E-state index contributed by atoms with van der Waals surface area (Å²) in [5.41, 5.74) is -4.49. The first kappa shape index (κ1) is 28.5. The lowest BCUT2D eigenvalue weighted by Crippen LogP contribution is -2.45. The molecule has 4 rings (SSSR count). The second kappa shape index (κ2) is 9.90. The summed E-state index contributed by atoms with van der Waals surface area (Å²) in [5.74, 6) is 5.02. The van der Waals surface area contributed by atoms with Gasteiger partial charge in [-0.1, -0.05) is 23.5 Å². The third-order valence-corrected chi connectivity index (χ3v) is 8.13. The zero-order valence-corrected chi connectivity index (χ0v) is 21.5. The van der Waals surface area contributed by atoms with Crippen molar-refractivity contribution in [3.63, 3.8) is 0 Å². The van der Waals surface area contributed by atoms with Gasteiger partial charge in [0.25, 0.3) is 10.0 Å². The van der Waals surface area contributed by atoms with Crippen molar-refractivity contribution in [2.75, 3.05) is 6.61 Å². The normalized spacial score (nSPS) is 12.9. The van der Waals surface area contributed by atoms with Gasteiger partial charge >= 0.3 is 12.4 Å². The topological polar surface area (TPSA) is 109 Å². The van der Waals surface area contributed by atoms with E-state index < -0.39 is 45.8 Å². The van der Waals surface area contributed by atoms with Crippen LogP contribution in [0, 0.1) is 11.8 Å². The predicted molar refractivity (Wildman–Crippen MR) is 128 cm³/mol. The first-order chi connectivity index (χ1) is 18.0. The fourth-order valence-electron chi connectivity index (χ4n) is 3.25. The van der Waals surface area contributed by atoms with E-state index >= 15 is 0 Å². The SMILES string of the molecule is CC(C)(CO)NS(=O)(=O)c1cnc(C#Cc2cc3nc(-c4cccc(C(F)(F)F)c4)cc(C(F)(F)F)n3n2)s1. The van der Waals surface area contributed by atoms with Crippen LogP contribution in [0.15, 0.2) is 46.8 Å². The summed E-state index contributed by atoms with van der Waals surface area (Å²) in [5, 5.41) is 13.1. The molecule has 39 heavy (non-hydrogen) atoms. The van der Waals surface area contributed by atoms with Gasteiger partial charge in [0.05, 0.1) is 29.6 Å². The molecule has 3 heterocycles. The Morgan fingerprint density at radius 2 is 1.77 bits per heavy atom. The van der Waals surface area contributed by atoms with Gasteiger partial charge in [-0.3, -0.25) is 0 Å². The largest absolute Gasteiger partial charge is 0.433 e. The van der Waals surface area contributed by atoms with E-state index in [1.165, 1.54) is 19.9 Å². The van der Waals surface area contributed by atoms with Crippen molar-refractivity contribution in [2.24, 2.45) is 0 Å². The molecule has 0 radical (unpaired) electrons. The predicted octanol–water partition coefficient (Wildman–Crippen LogP) is 4.34. The van der Waals surface area contributed by atoms with Gasteiger partial charge in [-0.15, -0.1) is 0 Å². The average Bonchev–Trinajstić information content (AvgIpc) is 3.47. The molecule has 206 valence electrons. The number of thiazole rings is 1. The Labute approximate surface area is 221 Å². The molecular formula is C23H17F6N5O3S2. The van der Waals surface area contributed by atoms with Crippen LogP contribution < -0.4 is 4.72 Å². The summed E-state index contributed by atoms with van der Waals surface area (Å²) in [6.45, 7) is 2.48. The Bertz CT molecular complexity index is 1710. The summed E-state index contributed by atoms with van der Waals surface area (Å²) < 4.78 is 108. The fraction of sp³-hybridized carbons (Fsp3) is 0.261. The van der Waals surface area contributed by atoms with Gasteiger partial charge in [0, 0.05) is 11.6 Å². The van der Waals surface area contributed by atoms with Crippen LogP contribution in [0.25, 0.3) is 16.9 Å². The van der Waals surface area contributed by atoms with Crippen molar-refractivity contribution in [3.05, 3.63) is 64.6 Å². The van der Waals surface area contributed by atoms with Crippen LogP contribution in [0.1, 0.15) is 35.8 Å². The Morgan fingerprint density at radius 3 is 2.41 bits per heavy atom. The Kier molecular flexibility index (Phi) is 7.23. The molecular weight excluding hydrogens is 572 g/mol. The standard InChI is InChI=1S/C23H17F6N5O3S2/c1-21(2,12-35)33-39(36,37)20-11-30-19(38-20)7-6-15-9-18-31-16(10-17(23(27,28)29)34(18)32-15)13-4-3-5-14(8-13)22(24,25)26/h3-5,8-11,33,35H,12H2,1-2H3. The lowest BCUT2D eigenvalue weighted by Gasteiger charge is -2.22. The number of hydrogen-bond donors (Lipinski definition) is 2. The number of rotatable bonds is 5. The van der Waals surface area contributed by atoms with Crippen LogP contribution in [-0.4, -0.2) is 45.3 Å². The van der Waals surface area contributed by atoms with E-state index in [2.05, 4.69) is 31.6 Å². The van der Waals surface area contributed by atoms with Crippen molar-refractivity contribution in [1.82, 2.24) is 24.3 Å². The number of hydrogen-bond acceptors (Lipinski definition) is 7. The van der Waals surface area contributed by atoms with E-state index in [4.69, 9.17) is 0 Å². The number of aromatic nitrogens is 4. The van der Waals surface area contributed by atoms with Crippen LogP contribution in [-0.2, 0) is 22.4 Å². The number of aliphatic hydroxyl groups is 1. The molecule has 4 aromatic rings. The molecule has 3 aromatic heterocycles. The maximum Gasteiger partial charge on any atom is 0.433 e. The molecule has 0 amide bonds. The third kappa shape index (κ3) is 6.38. The zero-order valence-electron chi connectivity index (χ0n) is 19.9. The van der Waals surface area contributed by atoms with Crippen LogP contribution in [0.3, 0.4) is 0 Å². The van der Waals surface area contributed by atoms with E-state index in [9.17, 15) is 39.9 Å². The van der Waals surface area contributed by atoms with E-state index in [1.54, 1.807) is 0 Å². The molecule has 0 bridgehead atoms. The van der Waals surface area contributed by atoms with Gasteiger partial charge in [0.15, 0.2) is 20.6 Å². The molecule has 0 spiro atoms. The minimum atomic E-state index is -4.93. The minimum absolute atomic E-state index is 0.0166. The summed E-state index contributed by atoms with van der Waals surface area (Å²) in [6, 6.07) is 5.45. The molecule has 1 aromatic carbocycles. The Hall–Kier alpha value is -3.52. The molecule has 0 aliphatic rings. The van der Waals surface area contributed by atoms with Crippen molar-refractivity contribution < 1.29 is 39.9 Å². The molecule has 0 aliphatic heterocycles. The first-order valence-corrected chi connectivity index (χ1v) is 13.1. The second-order valence-corrected chi connectivity index (χ2v) is 11.7. The Balaban J connectivity index is 1.72. The van der Waals surface area contributed by atoms with Crippen molar-refractivity contribution in [1.29, 1.82) is 0 Å². The lowest BCUT2D eigenvalue weighted by molar-refractivity contribution is -0.142. The van der Waals surface area contributed by atoms with Gasteiger partial charge in [-0.25, -0.2) is 27.6 Å². The molecule has 16 heteroatoms. The minimum Gasteiger partial charge on any atom is -0.394 e. The maximum absolute atomic E-state index is 13.8. The summed E-state index contributed by atoms with van der Waals surface area (Å²) in [7, 11) is -4.03. The van der Waals surface area contributed by atoms with E-state index in [0.29, 0.717) is 28.0 Å². The van der Waals surface area contributed by atoms with Gasteiger partial charge < -0.3 is 5.11 Å². The smallest absolute Gasteiger partial charge is 0.394 e. The summed E-state index contributed by atoms with van der Waals surface area (Å²) in [4.78, 5) is 7.93. The quantitative estimate of drug-likeness (QED) is 0.265. The Morgan fingerprint density at radius 1 is 1.05 bits per heavy atom. The highest BCUT2D eigenvalue weighted by Crippen LogP contribution is 2.35. The molecule has 0 fully saturated rings. The van der Waals surface area contributed by atoms with E-state index in [0.717, 1.165) is 24.4 Å². The van der Waals surface area contributed by atoms with Gasteiger partial charge in [0.1, 0.15) is 5.69 Å². The molecule has 8 nitrogen and oxygen atoms in total. The zero-order chi connectivity index (χ0) is 28.8.